The van der Waals surface area contributed by atoms with Gasteiger partial charge in [0.2, 0.25) is 0 Å². The van der Waals surface area contributed by atoms with E-state index in [1.807, 2.05) is 0 Å². The second-order valence-electron chi connectivity index (χ2n) is 5.38. The maximum Gasteiger partial charge on any atom is 0.267 e. The van der Waals surface area contributed by atoms with Crippen LogP contribution in [0.4, 0.5) is 0 Å². The van der Waals surface area contributed by atoms with Crippen LogP contribution < -0.4 is 10.5 Å². The summed E-state index contributed by atoms with van der Waals surface area (Å²) in [4.78, 5) is 15.4. The molecule has 1 aromatic heterocycles. The van der Waals surface area contributed by atoms with Crippen molar-refractivity contribution in [2.45, 2.75) is 37.9 Å². The summed E-state index contributed by atoms with van der Waals surface area (Å²) in [6.45, 7) is 0. The summed E-state index contributed by atoms with van der Waals surface area (Å²) in [6, 6.07) is 10.0. The molecule has 3 rings (SSSR count). The van der Waals surface area contributed by atoms with Gasteiger partial charge in [-0.15, -0.1) is 0 Å². The monoisotopic (exact) mass is 285 g/mol. The second kappa shape index (κ2) is 5.69. The third kappa shape index (κ3) is 3.13. The molecule has 0 spiro atoms. The molecule has 1 amide bonds. The highest BCUT2D eigenvalue weighted by Gasteiger charge is 2.20. The van der Waals surface area contributed by atoms with E-state index in [9.17, 15) is 9.90 Å². The van der Waals surface area contributed by atoms with Gasteiger partial charge >= 0.3 is 0 Å². The molecule has 0 saturated heterocycles. The standard InChI is InChI=1S/C16H17N2O3/c17-16(20)14-8-2-10-1-5-13(9-15(10)18-14)21-12-6-3-11(19)4-7-12/h1-2,8-9,11-12,19H,3-4,6-7H2,(H2,17,20). The van der Waals surface area contributed by atoms with Gasteiger partial charge in [0.15, 0.2) is 0 Å². The van der Waals surface area contributed by atoms with Crippen molar-refractivity contribution in [2.75, 3.05) is 0 Å². The van der Waals surface area contributed by atoms with Gasteiger partial charge in [0.25, 0.3) is 5.91 Å². The third-order valence-electron chi connectivity index (χ3n) is 3.78. The molecule has 1 radical (unpaired) electrons. The topological polar surface area (TPSA) is 85.4 Å². The smallest absolute Gasteiger partial charge is 0.267 e. The fourth-order valence-electron chi connectivity index (χ4n) is 2.59. The van der Waals surface area contributed by atoms with Crippen molar-refractivity contribution in [1.82, 2.24) is 4.98 Å². The largest absolute Gasteiger partial charge is 0.490 e. The van der Waals surface area contributed by atoms with E-state index in [0.717, 1.165) is 31.1 Å². The highest BCUT2D eigenvalue weighted by atomic mass is 16.5. The number of aliphatic hydroxyl groups is 1. The van der Waals surface area contributed by atoms with Crippen LogP contribution in [0, 0.1) is 6.07 Å². The molecule has 5 heteroatoms. The van der Waals surface area contributed by atoms with Crippen molar-refractivity contribution < 1.29 is 14.6 Å². The summed E-state index contributed by atoms with van der Waals surface area (Å²) >= 11 is 0. The van der Waals surface area contributed by atoms with Crippen molar-refractivity contribution in [3.05, 3.63) is 36.0 Å². The average molecular weight is 285 g/mol. The van der Waals surface area contributed by atoms with Gasteiger partial charge in [0.05, 0.1) is 17.7 Å². The van der Waals surface area contributed by atoms with Crippen LogP contribution in [0.5, 0.6) is 5.75 Å². The molecule has 1 fully saturated rings. The molecule has 1 aliphatic carbocycles. The Bertz CT molecular complexity index is 664. The second-order valence-corrected chi connectivity index (χ2v) is 5.38. The highest BCUT2D eigenvalue weighted by molar-refractivity contribution is 5.93. The summed E-state index contributed by atoms with van der Waals surface area (Å²) < 4.78 is 5.89. The number of carbonyl (C=O) groups is 1. The summed E-state index contributed by atoms with van der Waals surface area (Å²) in [5.41, 5.74) is 6.14. The molecule has 0 bridgehead atoms. The van der Waals surface area contributed by atoms with Crippen LogP contribution in [-0.4, -0.2) is 28.2 Å². The van der Waals surface area contributed by atoms with Gasteiger partial charge in [-0.1, -0.05) is 6.07 Å². The summed E-state index contributed by atoms with van der Waals surface area (Å²) in [5.74, 6) is 0.0616. The fraction of sp³-hybridized carbons (Fsp3) is 0.375. The Morgan fingerprint density at radius 2 is 2.10 bits per heavy atom. The van der Waals surface area contributed by atoms with Crippen LogP contribution in [0.3, 0.4) is 0 Å². The first-order chi connectivity index (χ1) is 10.1. The molecule has 21 heavy (non-hydrogen) atoms. The molecular weight excluding hydrogens is 268 g/mol. The number of hydrogen-bond donors (Lipinski definition) is 2. The summed E-state index contributed by atoms with van der Waals surface area (Å²) in [7, 11) is 0. The van der Waals surface area contributed by atoms with Crippen molar-refractivity contribution >= 4 is 16.8 Å². The molecule has 0 atom stereocenters. The lowest BCUT2D eigenvalue weighted by Gasteiger charge is -2.26. The Morgan fingerprint density at radius 3 is 2.81 bits per heavy atom. The van der Waals surface area contributed by atoms with Crippen LogP contribution in [0.1, 0.15) is 36.2 Å². The maximum atomic E-state index is 11.2. The number of ether oxygens (including phenoxy) is 1. The number of primary amides is 1. The number of rotatable bonds is 3. The number of hydrogen-bond acceptors (Lipinski definition) is 4. The van der Waals surface area contributed by atoms with Gasteiger partial charge in [-0.05, 0) is 37.8 Å². The number of nitrogens with zero attached hydrogens (tertiary/aromatic N) is 1. The van der Waals surface area contributed by atoms with Gasteiger partial charge in [-0.25, -0.2) is 4.98 Å². The first-order valence-electron chi connectivity index (χ1n) is 7.09. The van der Waals surface area contributed by atoms with E-state index in [2.05, 4.69) is 11.1 Å². The van der Waals surface area contributed by atoms with Crippen molar-refractivity contribution in [1.29, 1.82) is 0 Å². The quantitative estimate of drug-likeness (QED) is 0.900. The predicted molar refractivity (Wildman–Crippen MR) is 78.0 cm³/mol. The number of benzene rings is 1. The molecule has 1 aliphatic rings. The number of fused-ring (bicyclic) bond motifs is 1. The van der Waals surface area contributed by atoms with Crippen LogP contribution in [-0.2, 0) is 0 Å². The van der Waals surface area contributed by atoms with E-state index < -0.39 is 5.91 Å². The van der Waals surface area contributed by atoms with E-state index in [0.29, 0.717) is 11.3 Å². The summed E-state index contributed by atoms with van der Waals surface area (Å²) in [6.07, 6.45) is 3.10. The molecule has 1 aromatic carbocycles. The first-order valence-corrected chi connectivity index (χ1v) is 7.09. The van der Waals surface area contributed by atoms with Crippen LogP contribution in [0.15, 0.2) is 24.3 Å². The van der Waals surface area contributed by atoms with E-state index in [1.165, 1.54) is 0 Å². The van der Waals surface area contributed by atoms with Crippen LogP contribution >= 0.6 is 0 Å². The Morgan fingerprint density at radius 1 is 1.33 bits per heavy atom. The molecule has 0 aliphatic heterocycles. The number of carbonyl (C=O) groups excluding carboxylic acids is 1. The first kappa shape index (κ1) is 13.8. The Balaban J connectivity index is 1.81. The maximum absolute atomic E-state index is 11.2. The molecule has 0 unspecified atom stereocenters. The van der Waals surface area contributed by atoms with E-state index in [-0.39, 0.29) is 17.9 Å². The number of pyridine rings is 1. The number of nitrogens with two attached hydrogens (primary N) is 1. The molecule has 5 nitrogen and oxygen atoms in total. The lowest BCUT2D eigenvalue weighted by Crippen LogP contribution is -2.26. The number of aliphatic hydroxyl groups excluding tert-OH is 1. The predicted octanol–water partition coefficient (Wildman–Crippen LogP) is 1.82. The molecule has 1 heterocycles. The van der Waals surface area contributed by atoms with Gasteiger partial charge in [0.1, 0.15) is 11.4 Å². The van der Waals surface area contributed by atoms with Crippen molar-refractivity contribution in [3.8, 4) is 5.75 Å². The zero-order valence-corrected chi connectivity index (χ0v) is 11.6. The van der Waals surface area contributed by atoms with E-state index >= 15 is 0 Å². The van der Waals surface area contributed by atoms with Gasteiger partial charge in [0, 0.05) is 17.5 Å². The minimum absolute atomic E-state index is 0.0985. The van der Waals surface area contributed by atoms with Crippen molar-refractivity contribution in [2.24, 2.45) is 5.73 Å². The number of amides is 1. The molecule has 3 N–H and O–H groups in total. The Kier molecular flexibility index (Phi) is 3.75. The van der Waals surface area contributed by atoms with Gasteiger partial charge < -0.3 is 15.6 Å². The minimum Gasteiger partial charge on any atom is -0.490 e. The van der Waals surface area contributed by atoms with E-state index in [4.69, 9.17) is 10.5 Å². The van der Waals surface area contributed by atoms with Crippen LogP contribution in [0.25, 0.3) is 10.9 Å². The Hall–Kier alpha value is -2.14. The van der Waals surface area contributed by atoms with Gasteiger partial charge in [-0.2, -0.15) is 0 Å². The molecular formula is C16H17N2O3. The molecule has 1 saturated carbocycles. The van der Waals surface area contributed by atoms with Gasteiger partial charge in [-0.3, -0.25) is 4.79 Å². The van der Waals surface area contributed by atoms with E-state index in [1.54, 1.807) is 24.3 Å². The molecule has 2 aromatic rings. The Labute approximate surface area is 122 Å². The summed E-state index contributed by atoms with van der Waals surface area (Å²) in [5, 5.41) is 10.4. The minimum atomic E-state index is -0.548. The normalized spacial score (nSPS) is 22.1. The zero-order valence-electron chi connectivity index (χ0n) is 11.6. The lowest BCUT2D eigenvalue weighted by molar-refractivity contribution is 0.0665. The average Bonchev–Trinajstić information content (AvgIpc) is 2.49. The van der Waals surface area contributed by atoms with Crippen molar-refractivity contribution in [3.63, 3.8) is 0 Å². The SMILES string of the molecule is NC(=O)c1ccc2c[c]c(OC3CCC(O)CC3)cc2n1. The molecule has 109 valence electrons. The number of aromatic nitrogens is 1. The zero-order chi connectivity index (χ0) is 14.8. The lowest BCUT2D eigenvalue weighted by atomic mass is 9.95. The third-order valence-corrected chi connectivity index (χ3v) is 3.78. The fourth-order valence-corrected chi connectivity index (χ4v) is 2.59. The highest BCUT2D eigenvalue weighted by Crippen LogP contribution is 2.25. The van der Waals surface area contributed by atoms with Crippen LogP contribution in [0.2, 0.25) is 0 Å².